The Balaban J connectivity index is 1.78. The van der Waals surface area contributed by atoms with E-state index in [0.717, 1.165) is 42.9 Å². The highest BCUT2D eigenvalue weighted by Crippen LogP contribution is 2.12. The molecule has 6 heteroatoms. The molecule has 0 unspecified atom stereocenters. The Hall–Kier alpha value is -1.24. The van der Waals surface area contributed by atoms with Gasteiger partial charge in [-0.05, 0) is 31.3 Å². The minimum Gasteiger partial charge on any atom is -0.382 e. The molecule has 0 spiro atoms. The fourth-order valence-electron chi connectivity index (χ4n) is 1.81. The van der Waals surface area contributed by atoms with Crippen molar-refractivity contribution in [1.29, 1.82) is 0 Å². The van der Waals surface area contributed by atoms with Crippen molar-refractivity contribution in [3.05, 3.63) is 28.1 Å². The summed E-state index contributed by atoms with van der Waals surface area (Å²) in [6.07, 6.45) is 2.62. The lowest BCUT2D eigenvalue weighted by Gasteiger charge is -2.07. The van der Waals surface area contributed by atoms with E-state index in [9.17, 15) is 4.79 Å². The maximum absolute atomic E-state index is 12.1. The van der Waals surface area contributed by atoms with Gasteiger partial charge >= 0.3 is 0 Å². The van der Waals surface area contributed by atoms with Crippen molar-refractivity contribution in [3.63, 3.8) is 0 Å². The largest absolute Gasteiger partial charge is 0.382 e. The predicted octanol–water partition coefficient (Wildman–Crippen LogP) is 1.47. The fraction of sp³-hybridized carbons (Fsp3) is 0.538. The van der Waals surface area contributed by atoms with Crippen LogP contribution >= 0.6 is 11.3 Å². The van der Waals surface area contributed by atoms with Gasteiger partial charge in [0.15, 0.2) is 0 Å². The van der Waals surface area contributed by atoms with Crippen LogP contribution in [0, 0.1) is 0 Å². The Kier molecular flexibility index (Phi) is 5.50. The molecule has 0 saturated heterocycles. The predicted molar refractivity (Wildman–Crippen MR) is 77.9 cm³/mol. The average molecular weight is 281 g/mol. The molecule has 0 fully saturated rings. The highest BCUT2D eigenvalue weighted by Gasteiger charge is 2.04. The Morgan fingerprint density at radius 3 is 3.21 bits per heavy atom. The van der Waals surface area contributed by atoms with Crippen LogP contribution in [0.5, 0.6) is 0 Å². The summed E-state index contributed by atoms with van der Waals surface area (Å²) in [6, 6.07) is 1.87. The molecule has 19 heavy (non-hydrogen) atoms. The van der Waals surface area contributed by atoms with Crippen molar-refractivity contribution in [2.24, 2.45) is 0 Å². The minimum absolute atomic E-state index is 0.0520. The number of rotatable bonds is 8. The van der Waals surface area contributed by atoms with E-state index in [1.165, 1.54) is 11.3 Å². The normalized spacial score (nSPS) is 11.2. The number of hydrogen-bond acceptors (Lipinski definition) is 5. The molecule has 0 saturated carbocycles. The fourth-order valence-corrected chi connectivity index (χ4v) is 2.60. The van der Waals surface area contributed by atoms with E-state index in [4.69, 9.17) is 4.74 Å². The lowest BCUT2D eigenvalue weighted by Crippen LogP contribution is -2.27. The van der Waals surface area contributed by atoms with Crippen molar-refractivity contribution in [3.8, 4) is 0 Å². The summed E-state index contributed by atoms with van der Waals surface area (Å²) in [4.78, 5) is 16.3. The third-order valence-electron chi connectivity index (χ3n) is 2.81. The first-order chi connectivity index (χ1) is 9.33. The second-order valence-corrected chi connectivity index (χ2v) is 5.09. The van der Waals surface area contributed by atoms with E-state index in [0.29, 0.717) is 6.54 Å². The van der Waals surface area contributed by atoms with E-state index in [1.807, 2.05) is 18.4 Å². The van der Waals surface area contributed by atoms with E-state index in [1.54, 1.807) is 10.9 Å². The molecule has 0 bridgehead atoms. The van der Waals surface area contributed by atoms with Crippen LogP contribution in [0.2, 0.25) is 0 Å². The van der Waals surface area contributed by atoms with Crippen LogP contribution in [0.1, 0.15) is 13.3 Å². The zero-order chi connectivity index (χ0) is 13.5. The summed E-state index contributed by atoms with van der Waals surface area (Å²) in [7, 11) is 0. The van der Waals surface area contributed by atoms with Crippen LogP contribution in [0.4, 0.5) is 0 Å². The van der Waals surface area contributed by atoms with Gasteiger partial charge < -0.3 is 10.1 Å². The second-order valence-electron chi connectivity index (χ2n) is 4.18. The van der Waals surface area contributed by atoms with Crippen LogP contribution in [0.15, 0.2) is 22.6 Å². The average Bonchev–Trinajstić information content (AvgIpc) is 2.89. The van der Waals surface area contributed by atoms with Crippen molar-refractivity contribution in [1.82, 2.24) is 14.9 Å². The molecular weight excluding hydrogens is 262 g/mol. The first-order valence-electron chi connectivity index (χ1n) is 6.54. The number of thiophene rings is 1. The maximum Gasteiger partial charge on any atom is 0.271 e. The Morgan fingerprint density at radius 1 is 1.47 bits per heavy atom. The van der Waals surface area contributed by atoms with Gasteiger partial charge in [0.1, 0.15) is 4.70 Å². The molecule has 2 rings (SSSR count). The van der Waals surface area contributed by atoms with Crippen molar-refractivity contribution in [2.45, 2.75) is 19.9 Å². The minimum atomic E-state index is 0.0520. The summed E-state index contributed by atoms with van der Waals surface area (Å²) >= 11 is 1.45. The van der Waals surface area contributed by atoms with Gasteiger partial charge in [0.25, 0.3) is 5.56 Å². The lowest BCUT2D eigenvalue weighted by atomic mass is 10.4. The molecule has 0 radical (unpaired) electrons. The number of fused-ring (bicyclic) bond motifs is 1. The van der Waals surface area contributed by atoms with E-state index in [-0.39, 0.29) is 5.56 Å². The molecule has 2 heterocycles. The third-order valence-corrected chi connectivity index (χ3v) is 3.70. The molecule has 0 aromatic carbocycles. The molecule has 0 aliphatic heterocycles. The van der Waals surface area contributed by atoms with Crippen LogP contribution in [0.25, 0.3) is 10.2 Å². The molecule has 2 aromatic heterocycles. The van der Waals surface area contributed by atoms with Gasteiger partial charge in [-0.15, -0.1) is 11.3 Å². The van der Waals surface area contributed by atoms with E-state index in [2.05, 4.69) is 10.3 Å². The maximum atomic E-state index is 12.1. The number of ether oxygens (including phenoxy) is 1. The summed E-state index contributed by atoms with van der Waals surface area (Å²) in [5.41, 5.74) is 0.840. The van der Waals surface area contributed by atoms with Crippen LogP contribution < -0.4 is 10.9 Å². The van der Waals surface area contributed by atoms with Crippen molar-refractivity contribution >= 4 is 21.6 Å². The highest BCUT2D eigenvalue weighted by molar-refractivity contribution is 7.17. The van der Waals surface area contributed by atoms with E-state index < -0.39 is 0 Å². The lowest BCUT2D eigenvalue weighted by molar-refractivity contribution is 0.145. The zero-order valence-electron chi connectivity index (χ0n) is 11.1. The highest BCUT2D eigenvalue weighted by atomic mass is 32.1. The van der Waals surface area contributed by atoms with Crippen molar-refractivity contribution < 1.29 is 4.74 Å². The zero-order valence-corrected chi connectivity index (χ0v) is 11.9. The Bertz CT molecular complexity index is 564. The molecular formula is C13H19N3O2S. The first kappa shape index (κ1) is 14.2. The SMILES string of the molecule is CCOCCCNCCn1cnc2ccsc2c1=O. The molecule has 0 aliphatic carbocycles. The van der Waals surface area contributed by atoms with Gasteiger partial charge in [-0.2, -0.15) is 0 Å². The van der Waals surface area contributed by atoms with Gasteiger partial charge in [0, 0.05) is 26.3 Å². The number of hydrogen-bond donors (Lipinski definition) is 1. The van der Waals surface area contributed by atoms with Crippen molar-refractivity contribution in [2.75, 3.05) is 26.3 Å². The quantitative estimate of drug-likeness (QED) is 0.745. The van der Waals surface area contributed by atoms with Crippen LogP contribution in [-0.2, 0) is 11.3 Å². The molecule has 0 aliphatic rings. The van der Waals surface area contributed by atoms with Crippen LogP contribution in [0.3, 0.4) is 0 Å². The third kappa shape index (κ3) is 3.86. The molecule has 5 nitrogen and oxygen atoms in total. The first-order valence-corrected chi connectivity index (χ1v) is 7.42. The molecule has 2 aromatic rings. The summed E-state index contributed by atoms with van der Waals surface area (Å²) < 4.78 is 7.65. The number of nitrogens with one attached hydrogen (secondary N) is 1. The second kappa shape index (κ2) is 7.37. The summed E-state index contributed by atoms with van der Waals surface area (Å²) in [6.45, 7) is 5.87. The molecule has 104 valence electrons. The monoisotopic (exact) mass is 281 g/mol. The number of aromatic nitrogens is 2. The van der Waals surface area contributed by atoms with Crippen LogP contribution in [-0.4, -0.2) is 35.9 Å². The standard InChI is InChI=1S/C13H19N3O2S/c1-2-18-8-3-5-14-6-7-16-10-15-11-4-9-19-12(11)13(16)17/h4,9-10,14H,2-3,5-8H2,1H3. The topological polar surface area (TPSA) is 56.1 Å². The van der Waals surface area contributed by atoms with E-state index >= 15 is 0 Å². The van der Waals surface area contributed by atoms with Gasteiger partial charge in [-0.3, -0.25) is 9.36 Å². The Labute approximate surface area is 116 Å². The van der Waals surface area contributed by atoms with Gasteiger partial charge in [0.2, 0.25) is 0 Å². The smallest absolute Gasteiger partial charge is 0.271 e. The molecule has 0 amide bonds. The van der Waals surface area contributed by atoms with Gasteiger partial charge in [-0.1, -0.05) is 0 Å². The molecule has 0 atom stereocenters. The van der Waals surface area contributed by atoms with Gasteiger partial charge in [-0.25, -0.2) is 4.98 Å². The Morgan fingerprint density at radius 2 is 2.37 bits per heavy atom. The summed E-state index contributed by atoms with van der Waals surface area (Å²) in [5.74, 6) is 0. The number of nitrogens with zero attached hydrogens (tertiary/aromatic N) is 2. The summed E-state index contributed by atoms with van der Waals surface area (Å²) in [5, 5.41) is 5.20. The van der Waals surface area contributed by atoms with Gasteiger partial charge in [0.05, 0.1) is 11.8 Å². The molecule has 1 N–H and O–H groups in total.